The molecule has 232 valence electrons. The molecule has 0 aliphatic rings. The molecule has 0 bridgehead atoms. The zero-order valence-electron chi connectivity index (χ0n) is 25.8. The van der Waals surface area contributed by atoms with Crippen LogP contribution >= 0.6 is 11.6 Å². The summed E-state index contributed by atoms with van der Waals surface area (Å²) in [7, 11) is -2.19. The van der Waals surface area contributed by atoms with Crippen molar-refractivity contribution in [1.82, 2.24) is 10.2 Å². The molecule has 0 spiro atoms. The fraction of sp³-hybridized carbons (Fsp3) is 0.394. The van der Waals surface area contributed by atoms with Gasteiger partial charge >= 0.3 is 0 Å². The van der Waals surface area contributed by atoms with Gasteiger partial charge in [-0.1, -0.05) is 71.8 Å². The lowest BCUT2D eigenvalue weighted by Crippen LogP contribution is -2.54. The summed E-state index contributed by atoms with van der Waals surface area (Å²) in [4.78, 5) is 29.3. The van der Waals surface area contributed by atoms with Crippen LogP contribution in [0.2, 0.25) is 5.02 Å². The third-order valence-electron chi connectivity index (χ3n) is 6.82. The van der Waals surface area contributed by atoms with E-state index >= 15 is 0 Å². The molecular formula is C33H42ClN3O5S. The lowest BCUT2D eigenvalue weighted by Gasteiger charge is -2.34. The van der Waals surface area contributed by atoms with Gasteiger partial charge in [-0.15, -0.1) is 0 Å². The molecule has 0 unspecified atom stereocenters. The van der Waals surface area contributed by atoms with Crippen molar-refractivity contribution in [3.63, 3.8) is 0 Å². The normalized spacial score (nSPS) is 12.3. The van der Waals surface area contributed by atoms with Gasteiger partial charge in [0.1, 0.15) is 11.8 Å². The molecule has 1 N–H and O–H groups in total. The Hall–Kier alpha value is -3.56. The number of hydrogen-bond acceptors (Lipinski definition) is 5. The number of sulfonamides is 1. The van der Waals surface area contributed by atoms with E-state index in [1.807, 2.05) is 82.3 Å². The van der Waals surface area contributed by atoms with Gasteiger partial charge in [0.25, 0.3) is 0 Å². The van der Waals surface area contributed by atoms with Crippen LogP contribution in [0.25, 0.3) is 0 Å². The van der Waals surface area contributed by atoms with Crippen LogP contribution in [0.1, 0.15) is 50.3 Å². The van der Waals surface area contributed by atoms with Gasteiger partial charge < -0.3 is 15.0 Å². The maximum atomic E-state index is 14.0. The number of nitrogens with one attached hydrogen (secondary N) is 1. The molecule has 0 heterocycles. The first-order chi connectivity index (χ1) is 20.2. The third kappa shape index (κ3) is 10.3. The summed E-state index contributed by atoms with van der Waals surface area (Å²) >= 11 is 6.27. The number of ether oxygens (including phenoxy) is 1. The van der Waals surface area contributed by atoms with E-state index in [0.29, 0.717) is 17.9 Å². The zero-order chi connectivity index (χ0) is 31.8. The molecule has 0 radical (unpaired) electrons. The fourth-order valence-corrected chi connectivity index (χ4v) is 5.92. The van der Waals surface area contributed by atoms with Gasteiger partial charge in [0, 0.05) is 31.5 Å². The summed E-state index contributed by atoms with van der Waals surface area (Å²) in [6, 6.07) is 21.4. The van der Waals surface area contributed by atoms with Crippen LogP contribution < -0.4 is 14.4 Å². The van der Waals surface area contributed by atoms with E-state index in [9.17, 15) is 18.0 Å². The van der Waals surface area contributed by atoms with E-state index in [-0.39, 0.29) is 42.8 Å². The zero-order valence-corrected chi connectivity index (χ0v) is 27.3. The molecule has 0 saturated heterocycles. The Morgan fingerprint density at radius 2 is 1.63 bits per heavy atom. The second kappa shape index (κ2) is 14.8. The number of amides is 2. The minimum atomic E-state index is -3.67. The molecule has 2 amide bonds. The minimum Gasteiger partial charge on any atom is -0.495 e. The van der Waals surface area contributed by atoms with Gasteiger partial charge in [0.15, 0.2) is 0 Å². The Labute approximate surface area is 261 Å². The molecule has 3 rings (SSSR count). The summed E-state index contributed by atoms with van der Waals surface area (Å²) in [6.07, 6.45) is 1.72. The lowest BCUT2D eigenvalue weighted by atomic mass is 10.00. The second-order valence-electron chi connectivity index (χ2n) is 11.7. The van der Waals surface area contributed by atoms with Crippen molar-refractivity contribution >= 4 is 39.1 Å². The standard InChI is InChI=1S/C33H42ClN3O5S/c1-24-14-16-26(17-15-24)23-36(29(32(39)35-33(2,3)4)21-25-11-8-7-9-12-25)31(38)13-10-20-37(43(6,40)41)27-18-19-30(42-5)28(34)22-27/h7-9,11-12,14-19,22,29H,10,13,20-21,23H2,1-6H3,(H,35,39)/t29-/m1/s1. The largest absolute Gasteiger partial charge is 0.495 e. The van der Waals surface area contributed by atoms with Gasteiger partial charge in [-0.25, -0.2) is 8.42 Å². The number of rotatable bonds is 13. The predicted molar refractivity (Wildman–Crippen MR) is 173 cm³/mol. The van der Waals surface area contributed by atoms with Crippen LogP contribution in [0.3, 0.4) is 0 Å². The van der Waals surface area contributed by atoms with E-state index in [0.717, 1.165) is 22.9 Å². The van der Waals surface area contributed by atoms with Crippen LogP contribution in [-0.4, -0.2) is 56.6 Å². The summed E-state index contributed by atoms with van der Waals surface area (Å²) in [5, 5.41) is 3.34. The Morgan fingerprint density at radius 1 is 0.977 bits per heavy atom. The van der Waals surface area contributed by atoms with Gasteiger partial charge in [0.05, 0.1) is 24.1 Å². The highest BCUT2D eigenvalue weighted by Crippen LogP contribution is 2.30. The SMILES string of the molecule is COc1ccc(N(CCCC(=O)N(Cc2ccc(C)cc2)[C@H](Cc2ccccc2)C(=O)NC(C)(C)C)S(C)(=O)=O)cc1Cl. The van der Waals surface area contributed by atoms with E-state index in [1.165, 1.54) is 17.5 Å². The Morgan fingerprint density at radius 3 is 2.19 bits per heavy atom. The Bertz CT molecular complexity index is 1490. The van der Waals surface area contributed by atoms with Crippen LogP contribution in [0.4, 0.5) is 5.69 Å². The lowest BCUT2D eigenvalue weighted by molar-refractivity contribution is -0.142. The molecule has 0 fully saturated rings. The van der Waals surface area contributed by atoms with E-state index in [1.54, 1.807) is 17.0 Å². The van der Waals surface area contributed by atoms with Crippen molar-refractivity contribution in [2.45, 2.75) is 65.1 Å². The quantitative estimate of drug-likeness (QED) is 0.260. The summed E-state index contributed by atoms with van der Waals surface area (Å²) in [5.41, 5.74) is 2.79. The summed E-state index contributed by atoms with van der Waals surface area (Å²) in [6.45, 7) is 8.00. The Balaban J connectivity index is 1.90. The van der Waals surface area contributed by atoms with Crippen molar-refractivity contribution < 1.29 is 22.7 Å². The molecule has 3 aromatic rings. The topological polar surface area (TPSA) is 96.0 Å². The number of nitrogens with zero attached hydrogens (tertiary/aromatic N) is 2. The predicted octanol–water partition coefficient (Wildman–Crippen LogP) is 5.76. The average Bonchev–Trinajstić information content (AvgIpc) is 2.92. The molecule has 0 aromatic heterocycles. The first-order valence-corrected chi connectivity index (χ1v) is 16.4. The van der Waals surface area contributed by atoms with Crippen LogP contribution in [0.5, 0.6) is 5.75 Å². The number of carbonyl (C=O) groups is 2. The highest BCUT2D eigenvalue weighted by atomic mass is 35.5. The van der Waals surface area contributed by atoms with Crippen LogP contribution in [0.15, 0.2) is 72.8 Å². The molecule has 3 aromatic carbocycles. The summed E-state index contributed by atoms with van der Waals surface area (Å²) in [5.74, 6) is -0.0620. The number of aryl methyl sites for hydroxylation is 1. The van der Waals surface area contributed by atoms with Gasteiger partial charge in [0.2, 0.25) is 21.8 Å². The molecule has 8 nitrogen and oxygen atoms in total. The van der Waals surface area contributed by atoms with Crippen molar-refractivity contribution in [1.29, 1.82) is 0 Å². The first-order valence-electron chi connectivity index (χ1n) is 14.2. The van der Waals surface area contributed by atoms with Crippen molar-refractivity contribution in [3.05, 3.63) is 94.5 Å². The number of halogens is 1. The highest BCUT2D eigenvalue weighted by Gasteiger charge is 2.32. The number of benzene rings is 3. The first kappa shape index (κ1) is 33.9. The molecular weight excluding hydrogens is 586 g/mol. The monoisotopic (exact) mass is 627 g/mol. The molecule has 10 heteroatoms. The minimum absolute atomic E-state index is 0.0376. The smallest absolute Gasteiger partial charge is 0.243 e. The van der Waals surface area contributed by atoms with E-state index < -0.39 is 21.6 Å². The van der Waals surface area contributed by atoms with Crippen molar-refractivity contribution in [2.75, 3.05) is 24.2 Å². The second-order valence-corrected chi connectivity index (χ2v) is 14.0. The third-order valence-corrected chi connectivity index (χ3v) is 8.31. The molecule has 0 saturated carbocycles. The number of anilines is 1. The molecule has 0 aliphatic heterocycles. The maximum Gasteiger partial charge on any atom is 0.243 e. The average molecular weight is 628 g/mol. The maximum absolute atomic E-state index is 14.0. The molecule has 43 heavy (non-hydrogen) atoms. The molecule has 0 aliphatic carbocycles. The van der Waals surface area contributed by atoms with Crippen LogP contribution in [0, 0.1) is 6.92 Å². The van der Waals surface area contributed by atoms with Crippen molar-refractivity contribution in [2.24, 2.45) is 0 Å². The number of carbonyl (C=O) groups excluding carboxylic acids is 2. The Kier molecular flexibility index (Phi) is 11.6. The van der Waals surface area contributed by atoms with Gasteiger partial charge in [-0.3, -0.25) is 13.9 Å². The summed E-state index contributed by atoms with van der Waals surface area (Å²) < 4.78 is 31.8. The van der Waals surface area contributed by atoms with E-state index in [4.69, 9.17) is 16.3 Å². The number of hydrogen-bond donors (Lipinski definition) is 1. The number of methoxy groups -OCH3 is 1. The highest BCUT2D eigenvalue weighted by molar-refractivity contribution is 7.92. The van der Waals surface area contributed by atoms with Gasteiger partial charge in [-0.2, -0.15) is 0 Å². The van der Waals surface area contributed by atoms with Gasteiger partial charge in [-0.05, 0) is 63.4 Å². The van der Waals surface area contributed by atoms with Crippen LogP contribution in [-0.2, 0) is 32.6 Å². The molecule has 1 atom stereocenters. The fourth-order valence-electron chi connectivity index (χ4n) is 4.71. The van der Waals surface area contributed by atoms with Crippen molar-refractivity contribution in [3.8, 4) is 5.75 Å². The van der Waals surface area contributed by atoms with E-state index in [2.05, 4.69) is 5.32 Å².